The van der Waals surface area contributed by atoms with Gasteiger partial charge in [-0.05, 0) is 128 Å². The Kier molecular flexibility index (Phi) is 70.6. The molecule has 91 heavy (non-hydrogen) atoms. The molecule has 516 valence electrons. The van der Waals surface area contributed by atoms with Gasteiger partial charge in [0.05, 0.1) is 13.2 Å². The lowest BCUT2D eigenvalue weighted by Crippen LogP contribution is -2.29. The van der Waals surface area contributed by atoms with Crippen molar-refractivity contribution in [2.75, 3.05) is 26.4 Å². The fraction of sp³-hybridized carbons (Fsp3) is 0.630. The van der Waals surface area contributed by atoms with Crippen molar-refractivity contribution in [3.63, 3.8) is 0 Å². The van der Waals surface area contributed by atoms with Crippen molar-refractivity contribution >= 4 is 19.8 Å². The Morgan fingerprint density at radius 1 is 0.330 bits per heavy atom. The fourth-order valence-electron chi connectivity index (χ4n) is 9.78. The zero-order valence-corrected chi connectivity index (χ0v) is 58.9. The number of carbonyl (C=O) groups is 2. The molecule has 2 unspecified atom stereocenters. The maximum Gasteiger partial charge on any atom is 0.472 e. The van der Waals surface area contributed by atoms with Crippen molar-refractivity contribution in [1.29, 1.82) is 0 Å². The summed E-state index contributed by atoms with van der Waals surface area (Å²) in [7, 11) is -4.41. The van der Waals surface area contributed by atoms with Crippen molar-refractivity contribution in [2.45, 2.75) is 302 Å². The highest BCUT2D eigenvalue weighted by atomic mass is 31.2. The van der Waals surface area contributed by atoms with Crippen LogP contribution in [0.15, 0.2) is 170 Å². The predicted molar refractivity (Wildman–Crippen MR) is 394 cm³/mol. The lowest BCUT2D eigenvalue weighted by Gasteiger charge is -2.19. The van der Waals surface area contributed by atoms with Gasteiger partial charge in [-0.25, -0.2) is 4.57 Å². The van der Waals surface area contributed by atoms with Gasteiger partial charge in [0.2, 0.25) is 0 Å². The van der Waals surface area contributed by atoms with Gasteiger partial charge in [0.1, 0.15) is 6.61 Å². The van der Waals surface area contributed by atoms with E-state index in [1.807, 2.05) is 0 Å². The average molecular weight is 1280 g/mol. The zero-order valence-electron chi connectivity index (χ0n) is 58.0. The number of esters is 2. The van der Waals surface area contributed by atoms with E-state index in [1.165, 1.54) is 135 Å². The van der Waals surface area contributed by atoms with Crippen molar-refractivity contribution in [3.8, 4) is 0 Å². The third-order valence-corrected chi connectivity index (χ3v) is 16.1. The summed E-state index contributed by atoms with van der Waals surface area (Å²) in [5.41, 5.74) is 5.40. The second-order valence-electron chi connectivity index (χ2n) is 23.7. The highest BCUT2D eigenvalue weighted by molar-refractivity contribution is 7.47. The van der Waals surface area contributed by atoms with Gasteiger partial charge in [0, 0.05) is 19.4 Å². The minimum Gasteiger partial charge on any atom is -0.462 e. The Bertz CT molecular complexity index is 2100. The first kappa shape index (κ1) is 86.4. The first-order valence-electron chi connectivity index (χ1n) is 36.6. The van der Waals surface area contributed by atoms with Gasteiger partial charge in [-0.3, -0.25) is 18.6 Å². The molecule has 9 nitrogen and oxygen atoms in total. The van der Waals surface area contributed by atoms with E-state index >= 15 is 0 Å². The van der Waals surface area contributed by atoms with Crippen LogP contribution in [0.25, 0.3) is 0 Å². The maximum atomic E-state index is 12.8. The van der Waals surface area contributed by atoms with Gasteiger partial charge in [-0.1, -0.05) is 325 Å². The standard InChI is InChI=1S/C81H134NO8P/c1-3-5-7-9-11-13-15-17-19-21-23-25-27-29-31-33-35-36-37-38-39-40-41-42-44-45-47-49-51-53-55-57-59-61-63-65-67-69-71-73-80(83)87-77-79(78-89-91(85,86)88-76-75-82)90-81(84)74-72-70-68-66-64-62-60-58-56-54-52-50-48-46-43-34-32-30-28-26-24-22-20-18-16-14-12-10-8-6-4-2/h5-8,11-14,17-20,23-26,29-32,43,46,50,52,56,58,62,64,79H,3-4,9-10,15-16,21-22,27-28,33-42,44-45,47-49,51,53-55,57,59-61,63,65-78,82H2,1-2H3,(H,85,86)/b7-5-,8-6-,13-11-,14-12-,19-17-,20-18-,25-23-,26-24-,31-29-,32-30-,46-43-,52-50-,58-56-,64-62-. The molecule has 0 radical (unpaired) electrons. The van der Waals surface area contributed by atoms with Gasteiger partial charge < -0.3 is 20.1 Å². The van der Waals surface area contributed by atoms with E-state index in [4.69, 9.17) is 24.3 Å². The first-order chi connectivity index (χ1) is 44.8. The molecule has 0 aromatic carbocycles. The average Bonchev–Trinajstić information content (AvgIpc) is 3.71. The molecule has 0 rings (SSSR count). The van der Waals surface area contributed by atoms with Crippen molar-refractivity contribution in [1.82, 2.24) is 0 Å². The number of rotatable bonds is 67. The van der Waals surface area contributed by atoms with Crippen LogP contribution in [0.3, 0.4) is 0 Å². The third-order valence-electron chi connectivity index (χ3n) is 15.1. The highest BCUT2D eigenvalue weighted by Gasteiger charge is 2.26. The highest BCUT2D eigenvalue weighted by Crippen LogP contribution is 2.43. The zero-order chi connectivity index (χ0) is 65.8. The Labute approximate surface area is 559 Å². The van der Waals surface area contributed by atoms with E-state index in [0.29, 0.717) is 6.42 Å². The number of hydrogen-bond acceptors (Lipinski definition) is 8. The summed E-state index contributed by atoms with van der Waals surface area (Å²) >= 11 is 0. The lowest BCUT2D eigenvalue weighted by atomic mass is 10.0. The molecule has 2 atom stereocenters. The molecule has 0 aromatic heterocycles. The molecule has 10 heteroatoms. The predicted octanol–water partition coefficient (Wildman–Crippen LogP) is 24.5. The SMILES string of the molecule is CC/C=C\C/C=C\C/C=C\C/C=C\C/C=C\C/C=C\C/C=C\C/C=C\C/C=C\CCCCCC(=O)OC(COC(=O)CCCCCCCCCCCCCCCCCCCCCCCCC/C=C\C/C=C\C/C=C\C/C=C\C/C=C\CC)COP(=O)(O)OCCN. The van der Waals surface area contributed by atoms with Crippen LogP contribution >= 0.6 is 7.82 Å². The molecule has 0 aliphatic heterocycles. The van der Waals surface area contributed by atoms with Crippen molar-refractivity contribution in [3.05, 3.63) is 170 Å². The normalized spacial score (nSPS) is 13.9. The smallest absolute Gasteiger partial charge is 0.462 e. The Morgan fingerprint density at radius 2 is 0.571 bits per heavy atom. The number of unbranched alkanes of at least 4 members (excludes halogenated alkanes) is 26. The number of nitrogens with two attached hydrogens (primary N) is 1. The van der Waals surface area contributed by atoms with Gasteiger partial charge in [-0.15, -0.1) is 0 Å². The van der Waals surface area contributed by atoms with Crippen molar-refractivity contribution in [2.24, 2.45) is 5.73 Å². The molecule has 0 saturated carbocycles. The molecule has 0 spiro atoms. The van der Waals surface area contributed by atoms with E-state index < -0.39 is 32.5 Å². The van der Waals surface area contributed by atoms with E-state index in [0.717, 1.165) is 128 Å². The van der Waals surface area contributed by atoms with Crippen LogP contribution < -0.4 is 5.73 Å². The fourth-order valence-corrected chi connectivity index (χ4v) is 10.5. The number of allylic oxidation sites excluding steroid dienone is 28. The molecule has 0 aliphatic rings. The lowest BCUT2D eigenvalue weighted by molar-refractivity contribution is -0.161. The number of phosphoric ester groups is 1. The molecule has 0 saturated heterocycles. The molecular weight excluding hydrogens is 1150 g/mol. The van der Waals surface area contributed by atoms with Crippen LogP contribution in [-0.2, 0) is 32.7 Å². The first-order valence-corrected chi connectivity index (χ1v) is 38.1. The molecular formula is C81H134NO8P. The minimum absolute atomic E-state index is 0.0405. The number of ether oxygens (including phenoxy) is 2. The number of carbonyl (C=O) groups excluding carboxylic acids is 2. The van der Waals surface area contributed by atoms with Crippen LogP contribution in [0.4, 0.5) is 0 Å². The van der Waals surface area contributed by atoms with Gasteiger partial charge in [0.15, 0.2) is 6.10 Å². The summed E-state index contributed by atoms with van der Waals surface area (Å²) in [6.07, 6.45) is 110. The topological polar surface area (TPSA) is 134 Å². The molecule has 3 N–H and O–H groups in total. The Balaban J connectivity index is 3.92. The van der Waals surface area contributed by atoms with E-state index in [2.05, 4.69) is 184 Å². The second kappa shape index (κ2) is 74.4. The van der Waals surface area contributed by atoms with Crippen LogP contribution in [0, 0.1) is 0 Å². The van der Waals surface area contributed by atoms with Gasteiger partial charge >= 0.3 is 19.8 Å². The van der Waals surface area contributed by atoms with E-state index in [-0.39, 0.29) is 32.6 Å². The third kappa shape index (κ3) is 74.3. The molecule has 0 aliphatic carbocycles. The van der Waals surface area contributed by atoms with Crippen LogP contribution in [0.5, 0.6) is 0 Å². The Morgan fingerprint density at radius 3 is 0.857 bits per heavy atom. The number of phosphoric acid groups is 1. The van der Waals surface area contributed by atoms with Gasteiger partial charge in [-0.2, -0.15) is 0 Å². The van der Waals surface area contributed by atoms with Crippen molar-refractivity contribution < 1.29 is 37.6 Å². The summed E-state index contributed by atoms with van der Waals surface area (Å²) < 4.78 is 33.2. The minimum atomic E-state index is -4.41. The maximum absolute atomic E-state index is 12.8. The number of hydrogen-bond donors (Lipinski definition) is 2. The monoisotopic (exact) mass is 1280 g/mol. The quantitative estimate of drug-likeness (QED) is 0.0264. The van der Waals surface area contributed by atoms with E-state index in [1.54, 1.807) is 0 Å². The summed E-state index contributed by atoms with van der Waals surface area (Å²) in [4.78, 5) is 35.4. The Hall–Kier alpha value is -4.63. The van der Waals surface area contributed by atoms with Crippen LogP contribution in [-0.4, -0.2) is 49.3 Å². The summed E-state index contributed by atoms with van der Waals surface area (Å²) in [5.74, 6) is -0.868. The largest absolute Gasteiger partial charge is 0.472 e. The van der Waals surface area contributed by atoms with Gasteiger partial charge in [0.25, 0.3) is 0 Å². The van der Waals surface area contributed by atoms with Crippen LogP contribution in [0.1, 0.15) is 296 Å². The molecule has 0 fully saturated rings. The molecule has 0 bridgehead atoms. The summed E-state index contributed by atoms with van der Waals surface area (Å²) in [6, 6.07) is 0. The summed E-state index contributed by atoms with van der Waals surface area (Å²) in [5, 5.41) is 0. The van der Waals surface area contributed by atoms with Crippen LogP contribution in [0.2, 0.25) is 0 Å². The summed E-state index contributed by atoms with van der Waals surface area (Å²) in [6.45, 7) is 3.48. The molecule has 0 heterocycles. The van der Waals surface area contributed by atoms with E-state index in [9.17, 15) is 19.0 Å². The molecule has 0 amide bonds. The molecule has 0 aromatic rings. The second-order valence-corrected chi connectivity index (χ2v) is 25.1.